The molecule has 0 bridgehead atoms. The van der Waals surface area contributed by atoms with E-state index in [2.05, 4.69) is 35.4 Å². The number of anilines is 4. The highest BCUT2D eigenvalue weighted by Gasteiger charge is 2.39. The maximum absolute atomic E-state index is 15.5. The lowest BCUT2D eigenvalue weighted by Gasteiger charge is -2.41. The van der Waals surface area contributed by atoms with Crippen LogP contribution in [0.4, 0.5) is 27.7 Å². The van der Waals surface area contributed by atoms with E-state index in [-0.39, 0.29) is 17.7 Å². The van der Waals surface area contributed by atoms with Crippen LogP contribution in [0, 0.1) is 19.7 Å². The quantitative estimate of drug-likeness (QED) is 0.317. The molecule has 1 saturated carbocycles. The number of aromatic nitrogens is 3. The minimum absolute atomic E-state index is 0.101. The molecule has 1 unspecified atom stereocenters. The maximum atomic E-state index is 15.5. The van der Waals surface area contributed by atoms with Crippen molar-refractivity contribution in [2.24, 2.45) is 0 Å². The number of nitrogens with one attached hydrogen (secondary N) is 2. The number of nitrogens with zero attached hydrogens (tertiary/aromatic N) is 5. The number of nitrogen functional groups attached to an aromatic ring is 1. The zero-order chi connectivity index (χ0) is 28.1. The molecule has 7 rings (SSSR count). The normalized spacial score (nSPS) is 23.2. The van der Waals surface area contributed by atoms with Crippen LogP contribution in [0.3, 0.4) is 0 Å². The Morgan fingerprint density at radius 1 is 1.02 bits per heavy atom. The Labute approximate surface area is 239 Å². The highest BCUT2D eigenvalue weighted by Crippen LogP contribution is 2.45. The predicted octanol–water partition coefficient (Wildman–Crippen LogP) is 4.87. The smallest absolute Gasteiger partial charge is 0.300 e. The first kappa shape index (κ1) is 26.2. The summed E-state index contributed by atoms with van der Waals surface area (Å²) < 4.78 is 21.4. The summed E-state index contributed by atoms with van der Waals surface area (Å²) in [6.45, 7) is 9.15. The number of nitrogens with two attached hydrogens (primary N) is 1. The summed E-state index contributed by atoms with van der Waals surface area (Å²) >= 11 is 0. The standard InChI is InChI=1S/C31H37FN8O/c1-18-13-19(2)28-26(14-18)38-31(41-28)37-25-8-3-20(15-24(25)32)23-16-40(30-27(23)29(33)35-17-36-30)22-6-4-21(5-7-22)39-11-9-34-10-12-39/h3,8,13-15,17,21-23,34H,4-7,9-12,16H2,1-2H3,(H,37,38)(H2,33,35,36)/t21-,22+,23?. The van der Waals surface area contributed by atoms with Gasteiger partial charge in [0.25, 0.3) is 6.01 Å². The summed E-state index contributed by atoms with van der Waals surface area (Å²) in [5.74, 6) is 0.893. The van der Waals surface area contributed by atoms with Crippen LogP contribution in [0.1, 0.15) is 53.9 Å². The fourth-order valence-corrected chi connectivity index (χ4v) is 7.11. The molecule has 4 heterocycles. The molecule has 2 aromatic heterocycles. The molecule has 0 radical (unpaired) electrons. The zero-order valence-electron chi connectivity index (χ0n) is 23.7. The first-order chi connectivity index (χ1) is 19.9. The largest absolute Gasteiger partial charge is 0.423 e. The highest BCUT2D eigenvalue weighted by molar-refractivity contribution is 5.79. The summed E-state index contributed by atoms with van der Waals surface area (Å²) in [6.07, 6.45) is 6.15. The van der Waals surface area contributed by atoms with Gasteiger partial charge in [0, 0.05) is 56.3 Å². The van der Waals surface area contributed by atoms with E-state index < -0.39 is 0 Å². The number of aryl methyl sites for hydroxylation is 2. The van der Waals surface area contributed by atoms with Gasteiger partial charge in [0.1, 0.15) is 29.3 Å². The molecule has 10 heteroatoms. The van der Waals surface area contributed by atoms with Crippen LogP contribution >= 0.6 is 0 Å². The second-order valence-corrected chi connectivity index (χ2v) is 11.8. The van der Waals surface area contributed by atoms with Crippen LogP contribution in [0.5, 0.6) is 0 Å². The van der Waals surface area contributed by atoms with Crippen molar-refractivity contribution in [2.45, 2.75) is 57.5 Å². The van der Waals surface area contributed by atoms with Crippen LogP contribution in [0.2, 0.25) is 0 Å². The molecule has 0 spiro atoms. The van der Waals surface area contributed by atoms with Crippen molar-refractivity contribution >= 4 is 34.4 Å². The van der Waals surface area contributed by atoms with Crippen molar-refractivity contribution in [1.82, 2.24) is 25.2 Å². The Morgan fingerprint density at radius 3 is 2.59 bits per heavy atom. The molecular formula is C31H37FN8O. The van der Waals surface area contributed by atoms with Gasteiger partial charge >= 0.3 is 0 Å². The molecule has 2 fully saturated rings. The molecule has 1 aliphatic carbocycles. The van der Waals surface area contributed by atoms with E-state index in [0.717, 1.165) is 79.2 Å². The van der Waals surface area contributed by atoms with Gasteiger partial charge in [-0.05, 0) is 74.4 Å². The van der Waals surface area contributed by atoms with Gasteiger partial charge in [0.05, 0.1) is 5.69 Å². The number of hydrogen-bond acceptors (Lipinski definition) is 9. The Bertz CT molecular complexity index is 1570. The van der Waals surface area contributed by atoms with Crippen LogP contribution in [0.15, 0.2) is 41.1 Å². The van der Waals surface area contributed by atoms with Gasteiger partial charge in [0.2, 0.25) is 0 Å². The Morgan fingerprint density at radius 2 is 1.80 bits per heavy atom. The summed E-state index contributed by atoms with van der Waals surface area (Å²) in [6, 6.07) is 10.6. The molecule has 9 nitrogen and oxygen atoms in total. The lowest BCUT2D eigenvalue weighted by atomic mass is 9.88. The summed E-state index contributed by atoms with van der Waals surface area (Å²) in [5, 5.41) is 6.49. The minimum atomic E-state index is -0.371. The van der Waals surface area contributed by atoms with Gasteiger partial charge in [-0.15, -0.1) is 0 Å². The van der Waals surface area contributed by atoms with Gasteiger partial charge < -0.3 is 25.7 Å². The van der Waals surface area contributed by atoms with E-state index in [9.17, 15) is 0 Å². The van der Waals surface area contributed by atoms with Gasteiger partial charge in [-0.3, -0.25) is 4.90 Å². The highest BCUT2D eigenvalue weighted by atomic mass is 19.1. The monoisotopic (exact) mass is 556 g/mol. The lowest BCUT2D eigenvalue weighted by molar-refractivity contribution is 0.132. The first-order valence-electron chi connectivity index (χ1n) is 14.7. The minimum Gasteiger partial charge on any atom is -0.423 e. The number of oxazole rings is 1. The Hall–Kier alpha value is -3.76. The third-order valence-corrected chi connectivity index (χ3v) is 9.13. The van der Waals surface area contributed by atoms with Gasteiger partial charge in [-0.25, -0.2) is 14.4 Å². The van der Waals surface area contributed by atoms with Crippen molar-refractivity contribution in [3.05, 3.63) is 64.7 Å². The van der Waals surface area contributed by atoms with Crippen LogP contribution in [0.25, 0.3) is 11.1 Å². The van der Waals surface area contributed by atoms with E-state index in [0.29, 0.717) is 29.2 Å². The average molecular weight is 557 g/mol. The SMILES string of the molecule is Cc1cc(C)c2oc(Nc3ccc(C4CN([C@H]5CC[C@@H](N6CCNCC6)CC5)c5ncnc(N)c54)cc3F)nc2c1. The molecule has 41 heavy (non-hydrogen) atoms. The molecule has 3 aliphatic rings. The van der Waals surface area contributed by atoms with Crippen molar-refractivity contribution in [3.8, 4) is 0 Å². The molecule has 2 aromatic carbocycles. The fraction of sp³-hybridized carbons (Fsp3) is 0.452. The van der Waals surface area contributed by atoms with E-state index in [1.807, 2.05) is 32.0 Å². The van der Waals surface area contributed by atoms with Crippen molar-refractivity contribution in [1.29, 1.82) is 0 Å². The molecular weight excluding hydrogens is 519 g/mol. The Balaban J connectivity index is 1.10. The molecule has 4 N–H and O–H groups in total. The average Bonchev–Trinajstić information content (AvgIpc) is 3.57. The molecule has 0 amide bonds. The molecule has 1 atom stereocenters. The lowest BCUT2D eigenvalue weighted by Crippen LogP contribution is -2.51. The van der Waals surface area contributed by atoms with Crippen molar-refractivity contribution in [2.75, 3.05) is 48.7 Å². The molecule has 214 valence electrons. The summed E-state index contributed by atoms with van der Waals surface area (Å²) in [4.78, 5) is 18.6. The van der Waals surface area contributed by atoms with Crippen molar-refractivity contribution in [3.63, 3.8) is 0 Å². The number of halogens is 1. The van der Waals surface area contributed by atoms with E-state index in [4.69, 9.17) is 10.2 Å². The maximum Gasteiger partial charge on any atom is 0.300 e. The van der Waals surface area contributed by atoms with E-state index in [1.165, 1.54) is 12.8 Å². The zero-order valence-corrected chi connectivity index (χ0v) is 23.7. The second kappa shape index (κ2) is 10.6. The van der Waals surface area contributed by atoms with E-state index in [1.54, 1.807) is 18.5 Å². The number of hydrogen-bond donors (Lipinski definition) is 3. The topological polar surface area (TPSA) is 108 Å². The van der Waals surface area contributed by atoms with Gasteiger partial charge in [-0.2, -0.15) is 4.98 Å². The third-order valence-electron chi connectivity index (χ3n) is 9.13. The van der Waals surface area contributed by atoms with Crippen LogP contribution in [-0.2, 0) is 0 Å². The van der Waals surface area contributed by atoms with E-state index >= 15 is 4.39 Å². The third kappa shape index (κ3) is 4.89. The fourth-order valence-electron chi connectivity index (χ4n) is 7.11. The summed E-state index contributed by atoms with van der Waals surface area (Å²) in [5.41, 5.74) is 12.1. The number of fused-ring (bicyclic) bond motifs is 2. The summed E-state index contributed by atoms with van der Waals surface area (Å²) in [7, 11) is 0. The van der Waals surface area contributed by atoms with Crippen LogP contribution < -0.4 is 21.3 Å². The number of rotatable bonds is 5. The molecule has 1 saturated heterocycles. The second-order valence-electron chi connectivity index (χ2n) is 11.8. The number of benzene rings is 2. The van der Waals surface area contributed by atoms with Gasteiger partial charge in [0.15, 0.2) is 5.58 Å². The van der Waals surface area contributed by atoms with Crippen molar-refractivity contribution < 1.29 is 8.81 Å². The Kier molecular flexibility index (Phi) is 6.75. The molecule has 4 aromatic rings. The van der Waals surface area contributed by atoms with Gasteiger partial charge in [-0.1, -0.05) is 12.1 Å². The first-order valence-corrected chi connectivity index (χ1v) is 14.7. The molecule has 2 aliphatic heterocycles. The number of piperazine rings is 1. The predicted molar refractivity (Wildman–Crippen MR) is 159 cm³/mol. The van der Waals surface area contributed by atoms with Crippen LogP contribution in [-0.4, -0.2) is 64.7 Å².